The molecule has 3 rings (SSSR count). The standard InChI is InChI=1S/C13H16N4O2/c1-17(7-12(18)15-9-3-4-9)13-16-10-6-8(14)2-5-11(10)19-13/h2,5-6,9H,3-4,7,14H2,1H3,(H,15,18). The summed E-state index contributed by atoms with van der Waals surface area (Å²) in [4.78, 5) is 17.7. The molecule has 6 heteroatoms. The summed E-state index contributed by atoms with van der Waals surface area (Å²) in [5.41, 5.74) is 7.70. The number of hydrogen-bond donors (Lipinski definition) is 2. The number of likely N-dealkylation sites (N-methyl/N-ethyl adjacent to an activating group) is 1. The number of carbonyl (C=O) groups excluding carboxylic acids is 1. The van der Waals surface area contributed by atoms with Crippen molar-refractivity contribution in [3.8, 4) is 0 Å². The Morgan fingerprint density at radius 2 is 2.37 bits per heavy atom. The lowest BCUT2D eigenvalue weighted by Gasteiger charge is -2.13. The van der Waals surface area contributed by atoms with Gasteiger partial charge >= 0.3 is 0 Å². The first-order valence-corrected chi connectivity index (χ1v) is 6.28. The third-order valence-corrected chi connectivity index (χ3v) is 3.05. The second kappa shape index (κ2) is 4.46. The summed E-state index contributed by atoms with van der Waals surface area (Å²) in [6.07, 6.45) is 2.16. The van der Waals surface area contributed by atoms with Crippen molar-refractivity contribution >= 4 is 28.7 Å². The highest BCUT2D eigenvalue weighted by Gasteiger charge is 2.24. The Hall–Kier alpha value is -2.24. The summed E-state index contributed by atoms with van der Waals surface area (Å²) in [5.74, 6) is -0.00762. The first kappa shape index (κ1) is 11.8. The number of fused-ring (bicyclic) bond motifs is 1. The summed E-state index contributed by atoms with van der Waals surface area (Å²) in [5, 5.41) is 2.93. The Labute approximate surface area is 110 Å². The molecular weight excluding hydrogens is 244 g/mol. The van der Waals surface area contributed by atoms with Gasteiger partial charge in [-0.15, -0.1) is 0 Å². The van der Waals surface area contributed by atoms with Crippen molar-refractivity contribution in [1.82, 2.24) is 10.3 Å². The van der Waals surface area contributed by atoms with Crippen LogP contribution in [0.5, 0.6) is 0 Å². The van der Waals surface area contributed by atoms with Gasteiger partial charge in [-0.2, -0.15) is 4.98 Å². The molecule has 0 bridgehead atoms. The van der Waals surface area contributed by atoms with Crippen molar-refractivity contribution in [2.24, 2.45) is 0 Å². The molecular formula is C13H16N4O2. The van der Waals surface area contributed by atoms with Gasteiger partial charge in [0.15, 0.2) is 5.58 Å². The van der Waals surface area contributed by atoms with Gasteiger partial charge in [0.2, 0.25) is 5.91 Å². The van der Waals surface area contributed by atoms with E-state index in [1.807, 2.05) is 0 Å². The molecule has 1 aromatic heterocycles. The number of carbonyl (C=O) groups is 1. The van der Waals surface area contributed by atoms with Crippen LogP contribution in [-0.4, -0.2) is 30.5 Å². The zero-order valence-electron chi connectivity index (χ0n) is 10.7. The highest BCUT2D eigenvalue weighted by Crippen LogP contribution is 2.23. The minimum absolute atomic E-state index is 0.00762. The number of rotatable bonds is 4. The zero-order valence-corrected chi connectivity index (χ0v) is 10.7. The van der Waals surface area contributed by atoms with Crippen LogP contribution >= 0.6 is 0 Å². The Bertz CT molecular complexity index is 618. The summed E-state index contributed by atoms with van der Waals surface area (Å²) in [7, 11) is 1.78. The van der Waals surface area contributed by atoms with Gasteiger partial charge in [-0.1, -0.05) is 0 Å². The van der Waals surface area contributed by atoms with Crippen LogP contribution < -0.4 is 16.0 Å². The molecule has 0 saturated heterocycles. The molecule has 1 heterocycles. The second-order valence-electron chi connectivity index (χ2n) is 4.92. The lowest BCUT2D eigenvalue weighted by atomic mass is 10.3. The fourth-order valence-corrected chi connectivity index (χ4v) is 1.88. The van der Waals surface area contributed by atoms with Gasteiger partial charge in [-0.3, -0.25) is 4.79 Å². The van der Waals surface area contributed by atoms with Crippen LogP contribution in [0.2, 0.25) is 0 Å². The van der Waals surface area contributed by atoms with Crippen molar-refractivity contribution < 1.29 is 9.21 Å². The molecule has 3 N–H and O–H groups in total. The minimum Gasteiger partial charge on any atom is -0.423 e. The van der Waals surface area contributed by atoms with Crippen LogP contribution in [0.3, 0.4) is 0 Å². The molecule has 1 saturated carbocycles. The monoisotopic (exact) mass is 260 g/mol. The van der Waals surface area contributed by atoms with Gasteiger partial charge in [0, 0.05) is 18.8 Å². The number of amides is 1. The fraction of sp³-hybridized carbons (Fsp3) is 0.385. The Kier molecular flexibility index (Phi) is 2.77. The van der Waals surface area contributed by atoms with E-state index in [9.17, 15) is 4.79 Å². The molecule has 1 aliphatic carbocycles. The minimum atomic E-state index is -0.00762. The van der Waals surface area contributed by atoms with E-state index in [2.05, 4.69) is 10.3 Å². The van der Waals surface area contributed by atoms with Crippen LogP contribution in [0.1, 0.15) is 12.8 Å². The lowest BCUT2D eigenvalue weighted by molar-refractivity contribution is -0.119. The largest absolute Gasteiger partial charge is 0.423 e. The normalized spacial score (nSPS) is 14.6. The lowest BCUT2D eigenvalue weighted by Crippen LogP contribution is -2.36. The number of nitrogens with two attached hydrogens (primary N) is 1. The number of anilines is 2. The fourth-order valence-electron chi connectivity index (χ4n) is 1.88. The van der Waals surface area contributed by atoms with Crippen molar-refractivity contribution in [1.29, 1.82) is 0 Å². The first-order valence-electron chi connectivity index (χ1n) is 6.28. The molecule has 6 nitrogen and oxygen atoms in total. The van der Waals surface area contributed by atoms with Crippen molar-refractivity contribution in [3.63, 3.8) is 0 Å². The van der Waals surface area contributed by atoms with Crippen LogP contribution in [0, 0.1) is 0 Å². The summed E-state index contributed by atoms with van der Waals surface area (Å²) in [6, 6.07) is 6.08. The number of nitrogen functional groups attached to an aromatic ring is 1. The average Bonchev–Trinajstić information content (AvgIpc) is 3.05. The van der Waals surface area contributed by atoms with Crippen molar-refractivity contribution in [2.75, 3.05) is 24.2 Å². The highest BCUT2D eigenvalue weighted by molar-refractivity contribution is 5.82. The summed E-state index contributed by atoms with van der Waals surface area (Å²) in [6.45, 7) is 0.235. The molecule has 0 aliphatic heterocycles. The Morgan fingerprint density at radius 1 is 1.58 bits per heavy atom. The maximum absolute atomic E-state index is 11.7. The predicted molar refractivity (Wildman–Crippen MR) is 72.9 cm³/mol. The quantitative estimate of drug-likeness (QED) is 0.805. The van der Waals surface area contributed by atoms with Gasteiger partial charge in [-0.05, 0) is 31.0 Å². The summed E-state index contributed by atoms with van der Waals surface area (Å²) < 4.78 is 5.59. The Balaban J connectivity index is 1.73. The highest BCUT2D eigenvalue weighted by atomic mass is 16.4. The van der Waals surface area contributed by atoms with Crippen LogP contribution in [0.15, 0.2) is 22.6 Å². The number of nitrogens with one attached hydrogen (secondary N) is 1. The number of benzene rings is 1. The van der Waals surface area contributed by atoms with Gasteiger partial charge in [-0.25, -0.2) is 0 Å². The van der Waals surface area contributed by atoms with Gasteiger partial charge in [0.1, 0.15) is 12.1 Å². The predicted octanol–water partition coefficient (Wildman–Crippen LogP) is 1.12. The summed E-state index contributed by atoms with van der Waals surface area (Å²) >= 11 is 0. The van der Waals surface area contributed by atoms with Crippen LogP contribution in [0.25, 0.3) is 11.1 Å². The van der Waals surface area contributed by atoms with E-state index in [4.69, 9.17) is 10.2 Å². The number of hydrogen-bond acceptors (Lipinski definition) is 5. The van der Waals surface area contributed by atoms with Gasteiger partial charge < -0.3 is 20.4 Å². The molecule has 0 unspecified atom stereocenters. The maximum atomic E-state index is 11.7. The Morgan fingerprint density at radius 3 is 3.11 bits per heavy atom. The van der Waals surface area contributed by atoms with E-state index in [0.717, 1.165) is 12.8 Å². The van der Waals surface area contributed by atoms with Gasteiger partial charge in [0.25, 0.3) is 6.01 Å². The topological polar surface area (TPSA) is 84.4 Å². The van der Waals surface area contributed by atoms with E-state index in [0.29, 0.717) is 28.8 Å². The third kappa shape index (κ3) is 2.62. The third-order valence-electron chi connectivity index (χ3n) is 3.05. The number of aromatic nitrogens is 1. The second-order valence-corrected chi connectivity index (χ2v) is 4.92. The molecule has 2 aromatic rings. The van der Waals surface area contributed by atoms with Crippen LogP contribution in [-0.2, 0) is 4.79 Å². The molecule has 0 atom stereocenters. The van der Waals surface area contributed by atoms with Crippen molar-refractivity contribution in [2.45, 2.75) is 18.9 Å². The molecule has 1 aliphatic rings. The molecule has 1 amide bonds. The van der Waals surface area contributed by atoms with E-state index in [-0.39, 0.29) is 12.5 Å². The number of nitrogens with zero attached hydrogens (tertiary/aromatic N) is 2. The van der Waals surface area contributed by atoms with Crippen molar-refractivity contribution in [3.05, 3.63) is 18.2 Å². The van der Waals surface area contributed by atoms with Crippen LogP contribution in [0.4, 0.5) is 11.7 Å². The molecule has 1 fully saturated rings. The van der Waals surface area contributed by atoms with E-state index < -0.39 is 0 Å². The maximum Gasteiger partial charge on any atom is 0.298 e. The smallest absolute Gasteiger partial charge is 0.298 e. The van der Waals surface area contributed by atoms with E-state index in [1.54, 1.807) is 30.1 Å². The molecule has 100 valence electrons. The van der Waals surface area contributed by atoms with E-state index in [1.165, 1.54) is 0 Å². The van der Waals surface area contributed by atoms with E-state index >= 15 is 0 Å². The van der Waals surface area contributed by atoms with Gasteiger partial charge in [0.05, 0.1) is 0 Å². The molecule has 0 radical (unpaired) electrons. The average molecular weight is 260 g/mol. The first-order chi connectivity index (χ1) is 9.11. The number of oxazole rings is 1. The molecule has 1 aromatic carbocycles. The SMILES string of the molecule is CN(CC(=O)NC1CC1)c1nc2cc(N)ccc2o1. The zero-order chi connectivity index (χ0) is 13.4. The molecule has 0 spiro atoms. The molecule has 19 heavy (non-hydrogen) atoms.